The SMILES string of the molecule is Fc1ccc(-c2nc3n(c2-c2ccnc(NC4CCC4)n2)[C@H](CNc2ccccn2)CC3)cc1. The van der Waals surface area contributed by atoms with Crippen LogP contribution in [0.3, 0.4) is 0 Å². The van der Waals surface area contributed by atoms with Gasteiger partial charge in [0.05, 0.1) is 23.1 Å². The lowest BCUT2D eigenvalue weighted by molar-refractivity contribution is 0.443. The fourth-order valence-electron chi connectivity index (χ4n) is 4.71. The van der Waals surface area contributed by atoms with Crippen molar-refractivity contribution in [1.29, 1.82) is 0 Å². The molecule has 1 aromatic carbocycles. The quantitative estimate of drug-likeness (QED) is 0.403. The molecule has 0 saturated heterocycles. The molecule has 1 saturated carbocycles. The predicted molar refractivity (Wildman–Crippen MR) is 130 cm³/mol. The number of pyridine rings is 1. The maximum absolute atomic E-state index is 13.7. The fraction of sp³-hybridized carbons (Fsp3) is 0.308. The Morgan fingerprint density at radius 2 is 1.82 bits per heavy atom. The van der Waals surface area contributed by atoms with E-state index >= 15 is 0 Å². The van der Waals surface area contributed by atoms with Crippen molar-refractivity contribution < 1.29 is 4.39 Å². The standard InChI is InChI=1S/C26H26FN7/c27-18-9-7-17(8-10-18)24-25(21-13-15-29-26(32-21)31-19-4-3-5-19)34-20(11-12-23(34)33-24)16-30-22-6-1-2-14-28-22/h1-2,6-10,13-15,19-20H,3-5,11-12,16H2,(H,28,30)(H,29,31,32)/t20-/m0/s1. The van der Waals surface area contributed by atoms with Gasteiger partial charge >= 0.3 is 0 Å². The van der Waals surface area contributed by atoms with Gasteiger partial charge in [-0.2, -0.15) is 0 Å². The molecule has 34 heavy (non-hydrogen) atoms. The number of halogens is 1. The van der Waals surface area contributed by atoms with E-state index in [-0.39, 0.29) is 11.9 Å². The van der Waals surface area contributed by atoms with Gasteiger partial charge in [-0.25, -0.2) is 24.3 Å². The molecule has 0 bridgehead atoms. The average Bonchev–Trinajstić information content (AvgIpc) is 3.41. The van der Waals surface area contributed by atoms with Crippen LogP contribution in [0.4, 0.5) is 16.2 Å². The monoisotopic (exact) mass is 455 g/mol. The van der Waals surface area contributed by atoms with Crippen LogP contribution in [0.2, 0.25) is 0 Å². The lowest BCUT2D eigenvalue weighted by Gasteiger charge is -2.26. The van der Waals surface area contributed by atoms with Crippen molar-refractivity contribution in [3.05, 3.63) is 72.6 Å². The van der Waals surface area contributed by atoms with Crippen molar-refractivity contribution in [3.8, 4) is 22.6 Å². The third-order valence-electron chi connectivity index (χ3n) is 6.69. The van der Waals surface area contributed by atoms with Gasteiger partial charge in [-0.05, 0) is 68.1 Å². The number of benzene rings is 1. The maximum Gasteiger partial charge on any atom is 0.223 e. The normalized spacial score (nSPS) is 17.3. The van der Waals surface area contributed by atoms with Gasteiger partial charge in [0.2, 0.25) is 5.95 Å². The summed E-state index contributed by atoms with van der Waals surface area (Å²) in [6, 6.07) is 15.0. The van der Waals surface area contributed by atoms with E-state index in [9.17, 15) is 4.39 Å². The Morgan fingerprint density at radius 1 is 0.941 bits per heavy atom. The fourth-order valence-corrected chi connectivity index (χ4v) is 4.71. The zero-order valence-corrected chi connectivity index (χ0v) is 18.8. The molecule has 1 atom stereocenters. The number of nitrogens with one attached hydrogen (secondary N) is 2. The van der Waals surface area contributed by atoms with Crippen molar-refractivity contribution in [1.82, 2.24) is 24.5 Å². The summed E-state index contributed by atoms with van der Waals surface area (Å²) < 4.78 is 16.0. The Hall–Kier alpha value is -3.81. The van der Waals surface area contributed by atoms with Gasteiger partial charge in [0.25, 0.3) is 0 Å². The predicted octanol–water partition coefficient (Wildman–Crippen LogP) is 5.11. The van der Waals surface area contributed by atoms with Crippen LogP contribution < -0.4 is 10.6 Å². The first kappa shape index (κ1) is 20.8. The number of hydrogen-bond donors (Lipinski definition) is 2. The molecule has 3 aromatic heterocycles. The first-order chi connectivity index (χ1) is 16.7. The van der Waals surface area contributed by atoms with Crippen LogP contribution in [0, 0.1) is 5.82 Å². The van der Waals surface area contributed by atoms with E-state index in [2.05, 4.69) is 25.2 Å². The van der Waals surface area contributed by atoms with E-state index in [0.717, 1.165) is 66.5 Å². The number of aromatic nitrogens is 5. The Morgan fingerprint density at radius 3 is 2.59 bits per heavy atom. The van der Waals surface area contributed by atoms with E-state index in [0.29, 0.717) is 12.0 Å². The molecule has 4 aromatic rings. The summed E-state index contributed by atoms with van der Waals surface area (Å²) in [6.07, 6.45) is 8.99. The largest absolute Gasteiger partial charge is 0.368 e. The van der Waals surface area contributed by atoms with Gasteiger partial charge in [-0.15, -0.1) is 0 Å². The molecule has 6 rings (SSSR count). The molecule has 0 amide bonds. The summed E-state index contributed by atoms with van der Waals surface area (Å²) in [5.74, 6) is 2.26. The summed E-state index contributed by atoms with van der Waals surface area (Å²) in [6.45, 7) is 0.731. The minimum Gasteiger partial charge on any atom is -0.368 e. The number of hydrogen-bond acceptors (Lipinski definition) is 6. The molecule has 2 N–H and O–H groups in total. The minimum atomic E-state index is -0.261. The van der Waals surface area contributed by atoms with Gasteiger partial charge in [0.1, 0.15) is 17.5 Å². The summed E-state index contributed by atoms with van der Waals surface area (Å²) in [7, 11) is 0. The van der Waals surface area contributed by atoms with Gasteiger partial charge in [0.15, 0.2) is 0 Å². The van der Waals surface area contributed by atoms with E-state index < -0.39 is 0 Å². The highest BCUT2D eigenvalue weighted by molar-refractivity contribution is 5.78. The van der Waals surface area contributed by atoms with E-state index in [1.54, 1.807) is 24.5 Å². The highest BCUT2D eigenvalue weighted by atomic mass is 19.1. The molecule has 8 heteroatoms. The summed E-state index contributed by atoms with van der Waals surface area (Å²) in [5.41, 5.74) is 3.47. The Bertz CT molecular complexity index is 1280. The van der Waals surface area contributed by atoms with Crippen LogP contribution in [0.25, 0.3) is 22.6 Å². The van der Waals surface area contributed by atoms with Gasteiger partial charge in [-0.3, -0.25) is 0 Å². The summed E-state index contributed by atoms with van der Waals surface area (Å²) >= 11 is 0. The molecule has 1 aliphatic heterocycles. The van der Waals surface area contributed by atoms with E-state index in [1.807, 2.05) is 24.3 Å². The number of rotatable bonds is 7. The highest BCUT2D eigenvalue weighted by Crippen LogP contribution is 2.39. The van der Waals surface area contributed by atoms with Gasteiger partial charge in [0, 0.05) is 37.0 Å². The molecular weight excluding hydrogens is 429 g/mol. The second kappa shape index (κ2) is 8.85. The molecule has 1 aliphatic carbocycles. The Kier molecular flexibility index (Phi) is 5.41. The number of anilines is 2. The van der Waals surface area contributed by atoms with Crippen molar-refractivity contribution in [2.24, 2.45) is 0 Å². The van der Waals surface area contributed by atoms with Crippen LogP contribution in [0.1, 0.15) is 37.5 Å². The molecular formula is C26H26FN7. The molecule has 2 aliphatic rings. The molecule has 1 fully saturated rings. The van der Waals surface area contributed by atoms with Gasteiger partial charge in [-0.1, -0.05) is 6.07 Å². The molecule has 7 nitrogen and oxygen atoms in total. The van der Waals surface area contributed by atoms with Crippen LogP contribution in [0.5, 0.6) is 0 Å². The zero-order chi connectivity index (χ0) is 22.9. The van der Waals surface area contributed by atoms with Gasteiger partial charge < -0.3 is 15.2 Å². The second-order valence-corrected chi connectivity index (χ2v) is 8.93. The number of fused-ring (bicyclic) bond motifs is 1. The molecule has 0 radical (unpaired) electrons. The van der Waals surface area contributed by atoms with Crippen LogP contribution in [-0.4, -0.2) is 37.1 Å². The Balaban J connectivity index is 1.40. The van der Waals surface area contributed by atoms with E-state index in [1.165, 1.54) is 18.6 Å². The lowest BCUT2D eigenvalue weighted by atomic mass is 9.93. The third kappa shape index (κ3) is 4.00. The van der Waals surface area contributed by atoms with Crippen molar-refractivity contribution >= 4 is 11.8 Å². The number of imidazole rings is 1. The van der Waals surface area contributed by atoms with Crippen molar-refractivity contribution in [3.63, 3.8) is 0 Å². The third-order valence-corrected chi connectivity index (χ3v) is 6.69. The second-order valence-electron chi connectivity index (χ2n) is 8.93. The minimum absolute atomic E-state index is 0.201. The van der Waals surface area contributed by atoms with Crippen LogP contribution >= 0.6 is 0 Å². The van der Waals surface area contributed by atoms with Crippen LogP contribution in [0.15, 0.2) is 60.9 Å². The number of nitrogens with zero attached hydrogens (tertiary/aromatic N) is 5. The summed E-state index contributed by atoms with van der Waals surface area (Å²) in [5, 5.41) is 6.91. The topological polar surface area (TPSA) is 80.5 Å². The molecule has 172 valence electrons. The first-order valence-corrected chi connectivity index (χ1v) is 11.9. The van der Waals surface area contributed by atoms with E-state index in [4.69, 9.17) is 9.97 Å². The smallest absolute Gasteiger partial charge is 0.223 e. The van der Waals surface area contributed by atoms with Crippen molar-refractivity contribution in [2.45, 2.75) is 44.2 Å². The first-order valence-electron chi connectivity index (χ1n) is 11.9. The lowest BCUT2D eigenvalue weighted by Crippen LogP contribution is -2.28. The average molecular weight is 456 g/mol. The Labute approximate surface area is 197 Å². The molecule has 0 unspecified atom stereocenters. The number of aryl methyl sites for hydroxylation is 1. The maximum atomic E-state index is 13.7. The molecule has 4 heterocycles. The van der Waals surface area contributed by atoms with Crippen LogP contribution in [-0.2, 0) is 6.42 Å². The molecule has 0 spiro atoms. The van der Waals surface area contributed by atoms with Crippen molar-refractivity contribution in [2.75, 3.05) is 17.2 Å². The highest BCUT2D eigenvalue weighted by Gasteiger charge is 2.31. The zero-order valence-electron chi connectivity index (χ0n) is 18.8. The summed E-state index contributed by atoms with van der Waals surface area (Å²) in [4.78, 5) is 18.7.